The molecule has 2 aromatic rings. The summed E-state index contributed by atoms with van der Waals surface area (Å²) in [7, 11) is 0.637. The van der Waals surface area contributed by atoms with Crippen molar-refractivity contribution in [2.45, 2.75) is 29.6 Å². The number of fused-ring (bicyclic) bond motifs is 2. The average molecular weight is 426 g/mol. The molecule has 158 valence electrons. The molecule has 4 rings (SSSR count). The number of carbonyl (C=O) groups excluding carboxylic acids is 2. The number of rotatable bonds is 4. The smallest absolute Gasteiger partial charge is 0.259 e. The number of benzene rings is 2. The fourth-order valence-electron chi connectivity index (χ4n) is 4.12. The van der Waals surface area contributed by atoms with Gasteiger partial charge in [0, 0.05) is 18.7 Å². The number of anilines is 1. The van der Waals surface area contributed by atoms with Crippen molar-refractivity contribution < 1.29 is 13.8 Å². The number of amides is 2. The molecule has 6 nitrogen and oxygen atoms in total. The third-order valence-electron chi connectivity index (χ3n) is 5.98. The third-order valence-corrected chi connectivity index (χ3v) is 7.48. The van der Waals surface area contributed by atoms with Crippen LogP contribution in [0.1, 0.15) is 40.5 Å². The SMILES string of the molecule is CCN1C(=O)c2ccccc2S(=O)c2ccc(C(=O)NCC3CCN(C)CC3)cc21. The quantitative estimate of drug-likeness (QED) is 0.818. The first-order valence-electron chi connectivity index (χ1n) is 10.4. The van der Waals surface area contributed by atoms with Crippen molar-refractivity contribution in [3.8, 4) is 0 Å². The molecule has 7 heteroatoms. The fraction of sp³-hybridized carbons (Fsp3) is 0.391. The van der Waals surface area contributed by atoms with Crippen molar-refractivity contribution in [1.29, 1.82) is 0 Å². The van der Waals surface area contributed by atoms with Crippen molar-refractivity contribution >= 4 is 28.3 Å². The Bertz CT molecular complexity index is 999. The van der Waals surface area contributed by atoms with E-state index >= 15 is 0 Å². The largest absolute Gasteiger partial charge is 0.352 e. The van der Waals surface area contributed by atoms with Crippen LogP contribution in [0, 0.1) is 5.92 Å². The second-order valence-electron chi connectivity index (χ2n) is 7.95. The van der Waals surface area contributed by atoms with Gasteiger partial charge in [-0.05, 0) is 76.2 Å². The standard InChI is InChI=1S/C23H27N3O3S/c1-3-26-19-14-17(22(27)24-15-16-10-12-25(2)13-11-16)8-9-21(19)30(29)20-7-5-4-6-18(20)23(26)28/h4-9,14,16H,3,10-13,15H2,1-2H3,(H,24,27). The number of likely N-dealkylation sites (tertiary alicyclic amines) is 1. The van der Waals surface area contributed by atoms with Crippen molar-refractivity contribution in [3.05, 3.63) is 53.6 Å². The zero-order chi connectivity index (χ0) is 21.3. The molecule has 2 amide bonds. The Morgan fingerprint density at radius 3 is 2.60 bits per heavy atom. The van der Waals surface area contributed by atoms with Crippen LogP contribution in [0.5, 0.6) is 0 Å². The third kappa shape index (κ3) is 3.91. The first-order valence-corrected chi connectivity index (χ1v) is 11.6. The van der Waals surface area contributed by atoms with E-state index in [0.717, 1.165) is 25.9 Å². The van der Waals surface area contributed by atoms with E-state index in [4.69, 9.17) is 0 Å². The van der Waals surface area contributed by atoms with Crippen LogP contribution in [0.3, 0.4) is 0 Å². The topological polar surface area (TPSA) is 69.7 Å². The van der Waals surface area contributed by atoms with Crippen LogP contribution >= 0.6 is 0 Å². The van der Waals surface area contributed by atoms with Crippen LogP contribution in [0.15, 0.2) is 52.3 Å². The molecule has 0 aromatic heterocycles. The molecular formula is C23H27N3O3S. The van der Waals surface area contributed by atoms with Crippen molar-refractivity contribution in [1.82, 2.24) is 10.2 Å². The number of hydrogen-bond acceptors (Lipinski definition) is 4. The van der Waals surface area contributed by atoms with Gasteiger partial charge < -0.3 is 15.1 Å². The van der Waals surface area contributed by atoms with E-state index in [2.05, 4.69) is 17.3 Å². The minimum atomic E-state index is -1.48. The van der Waals surface area contributed by atoms with Gasteiger partial charge in [-0.1, -0.05) is 12.1 Å². The molecule has 1 unspecified atom stereocenters. The van der Waals surface area contributed by atoms with Gasteiger partial charge in [-0.25, -0.2) is 4.21 Å². The van der Waals surface area contributed by atoms with Gasteiger partial charge in [0.25, 0.3) is 11.8 Å². The number of nitrogens with zero attached hydrogens (tertiary/aromatic N) is 2. The molecule has 30 heavy (non-hydrogen) atoms. The Morgan fingerprint density at radius 1 is 1.13 bits per heavy atom. The molecule has 2 aliphatic heterocycles. The first-order chi connectivity index (χ1) is 14.5. The molecule has 2 aliphatic rings. The molecule has 0 bridgehead atoms. The second-order valence-corrected chi connectivity index (χ2v) is 9.37. The van der Waals surface area contributed by atoms with Gasteiger partial charge >= 0.3 is 0 Å². The summed E-state index contributed by atoms with van der Waals surface area (Å²) in [6, 6.07) is 12.1. The Labute approximate surface area is 179 Å². The molecule has 0 radical (unpaired) electrons. The minimum Gasteiger partial charge on any atom is -0.352 e. The molecule has 1 atom stereocenters. The maximum atomic E-state index is 13.2. The molecule has 1 saturated heterocycles. The summed E-state index contributed by atoms with van der Waals surface area (Å²) in [6.07, 6.45) is 2.16. The minimum absolute atomic E-state index is 0.159. The lowest BCUT2D eigenvalue weighted by Crippen LogP contribution is -2.37. The summed E-state index contributed by atoms with van der Waals surface area (Å²) in [4.78, 5) is 30.9. The average Bonchev–Trinajstić information content (AvgIpc) is 2.86. The van der Waals surface area contributed by atoms with E-state index in [1.807, 2.05) is 6.92 Å². The lowest BCUT2D eigenvalue weighted by molar-refractivity contribution is 0.0936. The number of piperidine rings is 1. The number of carbonyl (C=O) groups is 2. The zero-order valence-electron chi connectivity index (χ0n) is 17.4. The Morgan fingerprint density at radius 2 is 1.87 bits per heavy atom. The predicted octanol–water partition coefficient (Wildman–Crippen LogP) is 2.91. The molecule has 2 aromatic carbocycles. The molecule has 1 N–H and O–H groups in total. The van der Waals surface area contributed by atoms with Crippen molar-refractivity contribution in [2.24, 2.45) is 5.92 Å². The normalized spacial score (nSPS) is 19.7. The van der Waals surface area contributed by atoms with E-state index < -0.39 is 10.8 Å². The van der Waals surface area contributed by atoms with E-state index in [0.29, 0.717) is 45.6 Å². The van der Waals surface area contributed by atoms with Gasteiger partial charge in [0.2, 0.25) is 0 Å². The summed E-state index contributed by atoms with van der Waals surface area (Å²) < 4.78 is 13.2. The highest BCUT2D eigenvalue weighted by molar-refractivity contribution is 7.85. The fourth-order valence-corrected chi connectivity index (χ4v) is 5.47. The van der Waals surface area contributed by atoms with Crippen LogP contribution in [-0.4, -0.2) is 54.1 Å². The Kier molecular flexibility index (Phi) is 6.01. The van der Waals surface area contributed by atoms with E-state index in [1.165, 1.54) is 0 Å². The van der Waals surface area contributed by atoms with Crippen molar-refractivity contribution in [3.63, 3.8) is 0 Å². The summed E-state index contributed by atoms with van der Waals surface area (Å²) >= 11 is 0. The summed E-state index contributed by atoms with van der Waals surface area (Å²) in [5.41, 5.74) is 1.47. The van der Waals surface area contributed by atoms with Crippen molar-refractivity contribution in [2.75, 3.05) is 38.1 Å². The predicted molar refractivity (Wildman–Crippen MR) is 117 cm³/mol. The number of hydrogen-bond donors (Lipinski definition) is 1. The molecule has 0 spiro atoms. The number of nitrogens with one attached hydrogen (secondary N) is 1. The van der Waals surface area contributed by atoms with E-state index in [9.17, 15) is 13.8 Å². The molecular weight excluding hydrogens is 398 g/mol. The summed E-state index contributed by atoms with van der Waals surface area (Å²) in [5.74, 6) is 0.138. The summed E-state index contributed by atoms with van der Waals surface area (Å²) in [5, 5.41) is 3.04. The zero-order valence-corrected chi connectivity index (χ0v) is 18.2. The Balaban J connectivity index is 1.59. The highest BCUT2D eigenvalue weighted by atomic mass is 32.2. The van der Waals surface area contributed by atoms with Gasteiger partial charge in [0.05, 0.1) is 31.8 Å². The maximum Gasteiger partial charge on any atom is 0.259 e. The van der Waals surface area contributed by atoms with Crippen LogP contribution in [-0.2, 0) is 10.8 Å². The lowest BCUT2D eigenvalue weighted by atomic mass is 9.97. The van der Waals surface area contributed by atoms with Gasteiger partial charge in [-0.2, -0.15) is 0 Å². The lowest BCUT2D eigenvalue weighted by Gasteiger charge is -2.29. The first kappa shape index (κ1) is 20.8. The molecule has 0 saturated carbocycles. The highest BCUT2D eigenvalue weighted by Gasteiger charge is 2.30. The molecule has 1 fully saturated rings. The molecule has 2 heterocycles. The second kappa shape index (κ2) is 8.70. The van der Waals surface area contributed by atoms with Crippen LogP contribution in [0.2, 0.25) is 0 Å². The van der Waals surface area contributed by atoms with Crippen LogP contribution in [0.25, 0.3) is 0 Å². The van der Waals surface area contributed by atoms with Gasteiger partial charge in [0.1, 0.15) is 0 Å². The van der Waals surface area contributed by atoms with E-state index in [-0.39, 0.29) is 11.8 Å². The maximum absolute atomic E-state index is 13.2. The van der Waals surface area contributed by atoms with Crippen LogP contribution < -0.4 is 10.2 Å². The van der Waals surface area contributed by atoms with Crippen LogP contribution in [0.4, 0.5) is 5.69 Å². The van der Waals surface area contributed by atoms with E-state index in [1.54, 1.807) is 47.4 Å². The van der Waals surface area contributed by atoms with Gasteiger partial charge in [-0.15, -0.1) is 0 Å². The molecule has 0 aliphatic carbocycles. The monoisotopic (exact) mass is 425 g/mol. The van der Waals surface area contributed by atoms with Gasteiger partial charge in [0.15, 0.2) is 0 Å². The summed E-state index contributed by atoms with van der Waals surface area (Å²) in [6.45, 7) is 5.07. The highest BCUT2D eigenvalue weighted by Crippen LogP contribution is 2.35. The van der Waals surface area contributed by atoms with Gasteiger partial charge in [-0.3, -0.25) is 9.59 Å². The Hall–Kier alpha value is -2.51.